The molecular weight excluding hydrogens is 376 g/mol. The average molecular weight is 403 g/mol. The van der Waals surface area contributed by atoms with Crippen molar-refractivity contribution >= 4 is 23.5 Å². The number of aliphatic imine (C=N–C) groups is 1. The summed E-state index contributed by atoms with van der Waals surface area (Å²) in [6.45, 7) is 5.24. The van der Waals surface area contributed by atoms with E-state index in [-0.39, 0.29) is 5.91 Å². The second kappa shape index (κ2) is 9.59. The van der Waals surface area contributed by atoms with Crippen molar-refractivity contribution in [2.24, 2.45) is 10.9 Å². The first-order chi connectivity index (χ1) is 13.6. The van der Waals surface area contributed by atoms with Crippen LogP contribution in [0.2, 0.25) is 5.02 Å². The van der Waals surface area contributed by atoms with Crippen LogP contribution in [0.25, 0.3) is 0 Å². The Bertz CT molecular complexity index is 790. The lowest BCUT2D eigenvalue weighted by Crippen LogP contribution is -2.50. The fraction of sp³-hybridized carbons (Fsp3) is 0.450. The van der Waals surface area contributed by atoms with E-state index in [0.717, 1.165) is 25.5 Å². The highest BCUT2D eigenvalue weighted by Gasteiger charge is 2.28. The van der Waals surface area contributed by atoms with Crippen molar-refractivity contribution in [1.29, 1.82) is 0 Å². The molecule has 1 aliphatic rings. The van der Waals surface area contributed by atoms with Crippen molar-refractivity contribution in [2.75, 3.05) is 33.2 Å². The van der Waals surface area contributed by atoms with Crippen LogP contribution in [-0.4, -0.2) is 59.5 Å². The second-order valence-electron chi connectivity index (χ2n) is 7.03. The van der Waals surface area contributed by atoms with Gasteiger partial charge in [0.05, 0.1) is 12.4 Å². The van der Waals surface area contributed by atoms with Crippen LogP contribution in [0.5, 0.6) is 0 Å². The molecule has 0 bridgehead atoms. The van der Waals surface area contributed by atoms with Crippen molar-refractivity contribution in [3.8, 4) is 0 Å². The van der Waals surface area contributed by atoms with Crippen LogP contribution in [0.15, 0.2) is 48.0 Å². The molecule has 1 saturated heterocycles. The number of imidazole rings is 1. The maximum atomic E-state index is 12.2. The highest BCUT2D eigenvalue weighted by Crippen LogP contribution is 2.27. The number of rotatable bonds is 5. The SMILES string of the molecule is CN=C(NCCNC(=O)c1ccc(Cl)cc1)N1CCC(C)C(n2ccnc2)C1. The summed E-state index contributed by atoms with van der Waals surface area (Å²) >= 11 is 5.86. The van der Waals surface area contributed by atoms with Gasteiger partial charge in [-0.1, -0.05) is 18.5 Å². The van der Waals surface area contributed by atoms with Crippen molar-refractivity contribution in [3.63, 3.8) is 0 Å². The van der Waals surface area contributed by atoms with Gasteiger partial charge in [0.15, 0.2) is 5.96 Å². The molecule has 0 aliphatic carbocycles. The molecule has 1 aromatic carbocycles. The lowest BCUT2D eigenvalue weighted by atomic mass is 9.93. The number of hydrogen-bond acceptors (Lipinski definition) is 3. The van der Waals surface area contributed by atoms with Crippen LogP contribution < -0.4 is 10.6 Å². The zero-order chi connectivity index (χ0) is 19.9. The van der Waals surface area contributed by atoms with E-state index in [1.807, 2.05) is 18.7 Å². The fourth-order valence-corrected chi connectivity index (χ4v) is 3.61. The van der Waals surface area contributed by atoms with E-state index < -0.39 is 0 Å². The number of piperidine rings is 1. The zero-order valence-electron chi connectivity index (χ0n) is 16.3. The van der Waals surface area contributed by atoms with E-state index in [9.17, 15) is 4.79 Å². The number of carbonyl (C=O) groups is 1. The van der Waals surface area contributed by atoms with Gasteiger partial charge in [0.1, 0.15) is 0 Å². The first-order valence-corrected chi connectivity index (χ1v) is 9.93. The Labute approximate surface area is 170 Å². The van der Waals surface area contributed by atoms with Crippen LogP contribution in [0, 0.1) is 5.92 Å². The van der Waals surface area contributed by atoms with Gasteiger partial charge in [-0.3, -0.25) is 9.79 Å². The van der Waals surface area contributed by atoms with E-state index >= 15 is 0 Å². The maximum Gasteiger partial charge on any atom is 0.251 e. The number of nitrogens with one attached hydrogen (secondary N) is 2. The van der Waals surface area contributed by atoms with Gasteiger partial charge in [-0.15, -0.1) is 0 Å². The van der Waals surface area contributed by atoms with Crippen molar-refractivity contribution in [3.05, 3.63) is 53.6 Å². The Kier molecular flexibility index (Phi) is 6.92. The van der Waals surface area contributed by atoms with Crippen molar-refractivity contribution in [2.45, 2.75) is 19.4 Å². The van der Waals surface area contributed by atoms with Crippen LogP contribution >= 0.6 is 11.6 Å². The minimum absolute atomic E-state index is 0.111. The molecular formula is C20H27ClN6O. The number of likely N-dealkylation sites (tertiary alicyclic amines) is 1. The van der Waals surface area contributed by atoms with Crippen LogP contribution in [0.3, 0.4) is 0 Å². The Hall–Kier alpha value is -2.54. The monoisotopic (exact) mass is 402 g/mol. The predicted molar refractivity (Wildman–Crippen MR) is 112 cm³/mol. The van der Waals surface area contributed by atoms with E-state index in [1.165, 1.54) is 0 Å². The van der Waals surface area contributed by atoms with Gasteiger partial charge < -0.3 is 20.1 Å². The van der Waals surface area contributed by atoms with Gasteiger partial charge in [-0.2, -0.15) is 0 Å². The molecule has 2 N–H and O–H groups in total. The normalized spacial score (nSPS) is 20.1. The van der Waals surface area contributed by atoms with Crippen LogP contribution in [-0.2, 0) is 0 Å². The highest BCUT2D eigenvalue weighted by atomic mass is 35.5. The average Bonchev–Trinajstić information content (AvgIpc) is 3.24. The van der Waals surface area contributed by atoms with Gasteiger partial charge in [0.2, 0.25) is 0 Å². The lowest BCUT2D eigenvalue weighted by molar-refractivity contribution is 0.0954. The Morgan fingerprint density at radius 2 is 2.04 bits per heavy atom. The largest absolute Gasteiger partial charge is 0.354 e. The Balaban J connectivity index is 1.48. The number of aromatic nitrogens is 2. The number of amides is 1. The zero-order valence-corrected chi connectivity index (χ0v) is 17.1. The molecule has 2 atom stereocenters. The molecule has 150 valence electrons. The summed E-state index contributed by atoms with van der Waals surface area (Å²) in [6, 6.07) is 7.24. The summed E-state index contributed by atoms with van der Waals surface area (Å²) in [4.78, 5) is 23.0. The first kappa shape index (κ1) is 20.2. The van der Waals surface area contributed by atoms with Crippen molar-refractivity contribution in [1.82, 2.24) is 25.1 Å². The van der Waals surface area contributed by atoms with Crippen LogP contribution in [0.4, 0.5) is 0 Å². The molecule has 0 spiro atoms. The number of guanidine groups is 1. The standard InChI is InChI=1S/C20H27ClN6O/c1-15-7-11-26(13-18(15)27-12-10-23-14-27)20(22-2)25-9-8-24-19(28)16-3-5-17(21)6-4-16/h3-6,10,12,14-15,18H,7-9,11,13H2,1-2H3,(H,22,25)(H,24,28). The molecule has 8 heteroatoms. The molecule has 3 rings (SSSR count). The number of carbonyl (C=O) groups excluding carboxylic acids is 1. The topological polar surface area (TPSA) is 74.6 Å². The molecule has 0 radical (unpaired) electrons. The van der Waals surface area contributed by atoms with Gasteiger partial charge in [0, 0.05) is 56.2 Å². The quantitative estimate of drug-likeness (QED) is 0.457. The van der Waals surface area contributed by atoms with Gasteiger partial charge >= 0.3 is 0 Å². The van der Waals surface area contributed by atoms with E-state index in [2.05, 4.69) is 37.0 Å². The predicted octanol–water partition coefficient (Wildman–Crippen LogP) is 2.42. The Morgan fingerprint density at radius 3 is 2.71 bits per heavy atom. The maximum absolute atomic E-state index is 12.2. The van der Waals surface area contributed by atoms with Crippen LogP contribution in [0.1, 0.15) is 29.7 Å². The van der Waals surface area contributed by atoms with Gasteiger partial charge in [0.25, 0.3) is 5.91 Å². The number of nitrogens with zero attached hydrogens (tertiary/aromatic N) is 4. The molecule has 7 nitrogen and oxygen atoms in total. The third-order valence-corrected chi connectivity index (χ3v) is 5.39. The third kappa shape index (κ3) is 5.04. The number of hydrogen-bond donors (Lipinski definition) is 2. The van der Waals surface area contributed by atoms with E-state index in [4.69, 9.17) is 11.6 Å². The minimum atomic E-state index is -0.111. The molecule has 2 aromatic rings. The second-order valence-corrected chi connectivity index (χ2v) is 7.46. The summed E-state index contributed by atoms with van der Waals surface area (Å²) in [5.74, 6) is 1.33. The molecule has 1 aliphatic heterocycles. The molecule has 0 saturated carbocycles. The number of halogens is 1. The molecule has 28 heavy (non-hydrogen) atoms. The smallest absolute Gasteiger partial charge is 0.251 e. The summed E-state index contributed by atoms with van der Waals surface area (Å²) < 4.78 is 2.18. The Morgan fingerprint density at radius 1 is 1.29 bits per heavy atom. The van der Waals surface area contributed by atoms with E-state index in [1.54, 1.807) is 31.3 Å². The molecule has 1 amide bonds. The molecule has 1 aromatic heterocycles. The summed E-state index contributed by atoms with van der Waals surface area (Å²) in [7, 11) is 1.79. The van der Waals surface area contributed by atoms with Gasteiger partial charge in [-0.05, 0) is 36.6 Å². The molecule has 2 unspecified atom stereocenters. The first-order valence-electron chi connectivity index (χ1n) is 9.55. The summed E-state index contributed by atoms with van der Waals surface area (Å²) in [5.41, 5.74) is 0.599. The summed E-state index contributed by atoms with van der Waals surface area (Å²) in [6.07, 6.45) is 6.82. The number of benzene rings is 1. The van der Waals surface area contributed by atoms with E-state index in [0.29, 0.717) is 35.6 Å². The van der Waals surface area contributed by atoms with Gasteiger partial charge in [-0.25, -0.2) is 4.98 Å². The third-order valence-electron chi connectivity index (χ3n) is 5.14. The lowest BCUT2D eigenvalue weighted by Gasteiger charge is -2.39. The highest BCUT2D eigenvalue weighted by molar-refractivity contribution is 6.30. The van der Waals surface area contributed by atoms with Crippen molar-refractivity contribution < 1.29 is 4.79 Å². The molecule has 1 fully saturated rings. The fourth-order valence-electron chi connectivity index (χ4n) is 3.48. The molecule has 2 heterocycles. The summed E-state index contributed by atoms with van der Waals surface area (Å²) in [5, 5.41) is 6.88. The minimum Gasteiger partial charge on any atom is -0.354 e.